The number of aliphatic hydroxyl groups excluding tert-OH is 1. The van der Waals surface area contributed by atoms with E-state index in [1.807, 2.05) is 66.7 Å². The summed E-state index contributed by atoms with van der Waals surface area (Å²) in [7, 11) is 0. The van der Waals surface area contributed by atoms with Crippen LogP contribution in [-0.4, -0.2) is 5.11 Å². The van der Waals surface area contributed by atoms with E-state index in [0.29, 0.717) is 11.4 Å². The molecule has 0 saturated carbocycles. The first-order valence-electron chi connectivity index (χ1n) is 8.45. The first kappa shape index (κ1) is 16.2. The molecule has 0 unspecified atom stereocenters. The fraction of sp³-hybridized carbons (Fsp3) is 0.182. The zero-order valence-electron chi connectivity index (χ0n) is 13.7. The van der Waals surface area contributed by atoms with Gasteiger partial charge in [0.2, 0.25) is 0 Å². The second-order valence-corrected chi connectivity index (χ2v) is 6.86. The van der Waals surface area contributed by atoms with Crippen LogP contribution in [0.5, 0.6) is 5.75 Å². The van der Waals surface area contributed by atoms with Crippen LogP contribution in [0.3, 0.4) is 0 Å². The van der Waals surface area contributed by atoms with Gasteiger partial charge in [0, 0.05) is 16.5 Å². The zero-order chi connectivity index (χ0) is 17.2. The van der Waals surface area contributed by atoms with Crippen molar-refractivity contribution < 1.29 is 9.84 Å². The van der Waals surface area contributed by atoms with E-state index >= 15 is 0 Å². The number of para-hydroxylation sites is 1. The molecule has 0 spiro atoms. The Kier molecular flexibility index (Phi) is 4.48. The minimum absolute atomic E-state index is 0.0709. The number of halogens is 1. The zero-order valence-corrected chi connectivity index (χ0v) is 14.4. The minimum atomic E-state index is -0.578. The smallest absolute Gasteiger partial charge is 0.130 e. The Morgan fingerprint density at radius 1 is 0.840 bits per heavy atom. The first-order chi connectivity index (χ1) is 12.2. The average molecular weight is 351 g/mol. The summed E-state index contributed by atoms with van der Waals surface area (Å²) >= 11 is 6.00. The normalized spacial score (nSPS) is 22.1. The number of hydrogen-bond acceptors (Lipinski definition) is 2. The molecule has 1 heterocycles. The molecule has 2 nitrogen and oxygen atoms in total. The van der Waals surface area contributed by atoms with Crippen LogP contribution in [0.2, 0.25) is 5.02 Å². The molecule has 25 heavy (non-hydrogen) atoms. The van der Waals surface area contributed by atoms with Crippen LogP contribution in [0.4, 0.5) is 0 Å². The second-order valence-electron chi connectivity index (χ2n) is 6.43. The van der Waals surface area contributed by atoms with Crippen molar-refractivity contribution in [2.45, 2.75) is 18.6 Å². The minimum Gasteiger partial charge on any atom is -0.485 e. The Morgan fingerprint density at radius 2 is 1.52 bits per heavy atom. The number of hydrogen-bond donors (Lipinski definition) is 1. The highest BCUT2D eigenvalue weighted by Crippen LogP contribution is 2.46. The number of ether oxygens (including phenoxy) is 1. The van der Waals surface area contributed by atoms with Gasteiger partial charge in [0.15, 0.2) is 0 Å². The highest BCUT2D eigenvalue weighted by atomic mass is 35.5. The molecule has 3 heteroatoms. The van der Waals surface area contributed by atoms with E-state index in [9.17, 15) is 5.11 Å². The lowest BCUT2D eigenvalue weighted by Crippen LogP contribution is -2.31. The quantitative estimate of drug-likeness (QED) is 0.688. The van der Waals surface area contributed by atoms with E-state index in [-0.39, 0.29) is 12.0 Å². The molecule has 0 bridgehead atoms. The van der Waals surface area contributed by atoms with Crippen molar-refractivity contribution in [3.05, 3.63) is 101 Å². The Morgan fingerprint density at radius 3 is 2.28 bits per heavy atom. The lowest BCUT2D eigenvalue weighted by Gasteiger charge is -2.37. The number of fused-ring (bicyclic) bond motifs is 1. The summed E-state index contributed by atoms with van der Waals surface area (Å²) in [5, 5.41) is 11.8. The third kappa shape index (κ3) is 3.28. The largest absolute Gasteiger partial charge is 0.485 e. The maximum absolute atomic E-state index is 11.1. The van der Waals surface area contributed by atoms with Gasteiger partial charge in [0.05, 0.1) is 6.10 Å². The van der Waals surface area contributed by atoms with E-state index in [1.165, 1.54) is 0 Å². The Balaban J connectivity index is 1.73. The summed E-state index contributed by atoms with van der Waals surface area (Å²) in [5.74, 6) is 0.690. The van der Waals surface area contributed by atoms with Gasteiger partial charge in [-0.2, -0.15) is 0 Å². The fourth-order valence-electron chi connectivity index (χ4n) is 3.52. The first-order valence-corrected chi connectivity index (χ1v) is 8.83. The van der Waals surface area contributed by atoms with Crippen molar-refractivity contribution in [2.24, 2.45) is 5.92 Å². The fourth-order valence-corrected chi connectivity index (χ4v) is 3.65. The maximum atomic E-state index is 11.1. The molecule has 0 amide bonds. The van der Waals surface area contributed by atoms with Gasteiger partial charge in [-0.15, -0.1) is 0 Å². The summed E-state index contributed by atoms with van der Waals surface area (Å²) in [4.78, 5) is 0. The van der Waals surface area contributed by atoms with E-state index in [4.69, 9.17) is 16.3 Å². The predicted molar refractivity (Wildman–Crippen MR) is 99.9 cm³/mol. The van der Waals surface area contributed by atoms with Gasteiger partial charge >= 0.3 is 0 Å². The Bertz CT molecular complexity index is 845. The van der Waals surface area contributed by atoms with Crippen LogP contribution in [-0.2, 0) is 6.42 Å². The average Bonchev–Trinajstić information content (AvgIpc) is 2.66. The Labute approximate surface area is 152 Å². The summed E-state index contributed by atoms with van der Waals surface area (Å²) in [6.45, 7) is 0. The van der Waals surface area contributed by atoms with E-state index in [2.05, 4.69) is 12.1 Å². The molecule has 0 fully saturated rings. The monoisotopic (exact) mass is 350 g/mol. The summed E-state index contributed by atoms with van der Waals surface area (Å²) < 4.78 is 6.31. The van der Waals surface area contributed by atoms with Crippen molar-refractivity contribution in [1.29, 1.82) is 0 Å². The summed E-state index contributed by atoms with van der Waals surface area (Å²) in [6.07, 6.45) is -0.0562. The van der Waals surface area contributed by atoms with Crippen LogP contribution in [0.1, 0.15) is 28.9 Å². The predicted octanol–water partition coefficient (Wildman–Crippen LogP) is 5.37. The van der Waals surface area contributed by atoms with Crippen LogP contribution in [0, 0.1) is 5.92 Å². The van der Waals surface area contributed by atoms with Crippen molar-refractivity contribution in [2.75, 3.05) is 0 Å². The maximum Gasteiger partial charge on any atom is 0.130 e. The van der Waals surface area contributed by atoms with Gasteiger partial charge < -0.3 is 9.84 Å². The van der Waals surface area contributed by atoms with Gasteiger partial charge in [-0.25, -0.2) is 0 Å². The Hall–Kier alpha value is -2.29. The topological polar surface area (TPSA) is 29.5 Å². The van der Waals surface area contributed by atoms with Crippen molar-refractivity contribution in [3.8, 4) is 5.75 Å². The molecule has 126 valence electrons. The molecule has 0 saturated heterocycles. The highest BCUT2D eigenvalue weighted by molar-refractivity contribution is 6.30. The third-order valence-corrected chi connectivity index (χ3v) is 5.05. The third-order valence-electron chi connectivity index (χ3n) is 4.80. The van der Waals surface area contributed by atoms with Gasteiger partial charge in [0.25, 0.3) is 0 Å². The molecule has 4 rings (SSSR count). The van der Waals surface area contributed by atoms with Crippen LogP contribution in [0.15, 0.2) is 78.9 Å². The number of aliphatic hydroxyl groups is 1. The second kappa shape index (κ2) is 6.91. The van der Waals surface area contributed by atoms with Crippen LogP contribution < -0.4 is 4.74 Å². The number of rotatable bonds is 3. The molecule has 1 aliphatic heterocycles. The molecule has 1 aliphatic rings. The van der Waals surface area contributed by atoms with E-state index in [0.717, 1.165) is 22.4 Å². The number of benzene rings is 3. The molecular weight excluding hydrogens is 332 g/mol. The van der Waals surface area contributed by atoms with E-state index < -0.39 is 6.10 Å². The van der Waals surface area contributed by atoms with Gasteiger partial charge in [0.1, 0.15) is 11.9 Å². The molecule has 0 aromatic heterocycles. The SMILES string of the molecule is O[C@H]1c2ccccc2O[C@@H](c2ccccc2)[C@@H]1Cc1ccc(Cl)cc1. The standard InChI is InChI=1S/C22H19ClO2/c23-17-12-10-15(11-13-17)14-19-21(24)18-8-4-5-9-20(18)25-22(19)16-6-2-1-3-7-16/h1-13,19,21-22,24H,14H2/t19-,21+,22+/m1/s1. The molecular formula is C22H19ClO2. The lowest BCUT2D eigenvalue weighted by molar-refractivity contribution is -0.00177. The molecule has 1 N–H and O–H groups in total. The lowest BCUT2D eigenvalue weighted by atomic mass is 9.80. The van der Waals surface area contributed by atoms with Crippen molar-refractivity contribution >= 4 is 11.6 Å². The van der Waals surface area contributed by atoms with Crippen LogP contribution in [0.25, 0.3) is 0 Å². The molecule has 0 radical (unpaired) electrons. The molecule has 3 aromatic carbocycles. The highest BCUT2D eigenvalue weighted by Gasteiger charge is 2.38. The van der Waals surface area contributed by atoms with Gasteiger partial charge in [-0.1, -0.05) is 72.3 Å². The molecule has 3 atom stereocenters. The van der Waals surface area contributed by atoms with Crippen molar-refractivity contribution in [3.63, 3.8) is 0 Å². The van der Waals surface area contributed by atoms with Gasteiger partial charge in [-0.05, 0) is 35.7 Å². The van der Waals surface area contributed by atoms with Crippen LogP contribution >= 0.6 is 11.6 Å². The summed E-state index contributed by atoms with van der Waals surface area (Å²) in [6, 6.07) is 25.6. The molecule has 0 aliphatic carbocycles. The van der Waals surface area contributed by atoms with E-state index in [1.54, 1.807) is 0 Å². The van der Waals surface area contributed by atoms with Gasteiger partial charge in [-0.3, -0.25) is 0 Å². The summed E-state index contributed by atoms with van der Waals surface area (Å²) in [5.41, 5.74) is 3.07. The molecule has 3 aromatic rings. The van der Waals surface area contributed by atoms with Crippen molar-refractivity contribution in [1.82, 2.24) is 0 Å².